The van der Waals surface area contributed by atoms with E-state index in [1.807, 2.05) is 71.9 Å². The number of methoxy groups -OCH3 is 1. The summed E-state index contributed by atoms with van der Waals surface area (Å²) in [6, 6.07) is 19.7. The highest BCUT2D eigenvalue weighted by Crippen LogP contribution is 2.35. The van der Waals surface area contributed by atoms with Gasteiger partial charge in [0.2, 0.25) is 12.3 Å². The van der Waals surface area contributed by atoms with Crippen LogP contribution in [0, 0.1) is 6.92 Å². The number of aryl methyl sites for hydroxylation is 1. The summed E-state index contributed by atoms with van der Waals surface area (Å²) in [7, 11) is 1.27. The summed E-state index contributed by atoms with van der Waals surface area (Å²) in [5, 5.41) is 3.43. The summed E-state index contributed by atoms with van der Waals surface area (Å²) in [4.78, 5) is 50.2. The first-order valence-electron chi connectivity index (χ1n) is 13.7. The van der Waals surface area contributed by atoms with Crippen LogP contribution < -0.4 is 10.2 Å². The molecule has 0 aromatic heterocycles. The molecule has 0 saturated carbocycles. The number of rotatable bonds is 8. The Morgan fingerprint density at radius 3 is 1.93 bits per heavy atom. The third-order valence-corrected chi connectivity index (χ3v) is 6.08. The second-order valence-electron chi connectivity index (χ2n) is 10.2. The SMILES string of the molecule is CC.COC(=O)c1cc(N(C=O)C(C)=O)c(/C(C)=C(/Nc2ccc(C(=O)OC(C)(C)C)cc2)c2ccccc2)cc1C. The fourth-order valence-corrected chi connectivity index (χ4v) is 4.12. The number of carbonyl (C=O) groups is 4. The average Bonchev–Trinajstić information content (AvgIpc) is 2.96. The molecule has 0 heterocycles. The summed E-state index contributed by atoms with van der Waals surface area (Å²) in [6.45, 7) is 14.3. The molecule has 0 unspecified atom stereocenters. The van der Waals surface area contributed by atoms with Crippen molar-refractivity contribution >= 4 is 46.9 Å². The lowest BCUT2D eigenvalue weighted by Gasteiger charge is -2.23. The molecular formula is C34H40N2O6. The lowest BCUT2D eigenvalue weighted by molar-refractivity contribution is -0.120. The molecule has 3 aromatic rings. The van der Waals surface area contributed by atoms with Crippen molar-refractivity contribution in [1.29, 1.82) is 0 Å². The Bertz CT molecular complexity index is 1450. The molecule has 0 bridgehead atoms. The molecule has 0 aliphatic rings. The number of ether oxygens (including phenoxy) is 2. The number of allylic oxidation sites excluding steroid dienone is 1. The van der Waals surface area contributed by atoms with Gasteiger partial charge in [0, 0.05) is 23.9 Å². The highest BCUT2D eigenvalue weighted by molar-refractivity contribution is 6.10. The minimum absolute atomic E-state index is 0.245. The lowest BCUT2D eigenvalue weighted by Crippen LogP contribution is -2.28. The van der Waals surface area contributed by atoms with Crippen molar-refractivity contribution in [2.75, 3.05) is 17.3 Å². The zero-order chi connectivity index (χ0) is 31.6. The molecule has 0 spiro atoms. The molecule has 8 heteroatoms. The number of benzene rings is 3. The normalized spacial score (nSPS) is 11.3. The Labute approximate surface area is 248 Å². The van der Waals surface area contributed by atoms with Crippen molar-refractivity contribution in [3.05, 3.63) is 94.5 Å². The first kappa shape index (κ1) is 33.5. The molecule has 0 aliphatic heterocycles. The maximum Gasteiger partial charge on any atom is 0.338 e. The Morgan fingerprint density at radius 1 is 0.833 bits per heavy atom. The molecule has 3 rings (SSSR count). The van der Waals surface area contributed by atoms with Crippen molar-refractivity contribution < 1.29 is 28.7 Å². The molecule has 0 aliphatic carbocycles. The number of imide groups is 1. The summed E-state index contributed by atoms with van der Waals surface area (Å²) < 4.78 is 10.4. The fraction of sp³-hybridized carbons (Fsp3) is 0.294. The highest BCUT2D eigenvalue weighted by Gasteiger charge is 2.23. The van der Waals surface area contributed by atoms with Gasteiger partial charge < -0.3 is 14.8 Å². The summed E-state index contributed by atoms with van der Waals surface area (Å²) in [6.07, 6.45) is 0.426. The van der Waals surface area contributed by atoms with Gasteiger partial charge in [0.1, 0.15) is 5.60 Å². The van der Waals surface area contributed by atoms with Crippen LogP contribution in [0.25, 0.3) is 11.3 Å². The van der Waals surface area contributed by atoms with E-state index in [9.17, 15) is 19.2 Å². The molecule has 0 saturated heterocycles. The van der Waals surface area contributed by atoms with Crippen LogP contribution in [0.3, 0.4) is 0 Å². The largest absolute Gasteiger partial charge is 0.465 e. The van der Waals surface area contributed by atoms with E-state index in [1.165, 1.54) is 20.1 Å². The topological polar surface area (TPSA) is 102 Å². The van der Waals surface area contributed by atoms with Crippen LogP contribution in [0.2, 0.25) is 0 Å². The van der Waals surface area contributed by atoms with E-state index < -0.39 is 23.4 Å². The zero-order valence-electron chi connectivity index (χ0n) is 25.8. The van der Waals surface area contributed by atoms with Crippen LogP contribution in [-0.2, 0) is 19.1 Å². The molecule has 0 radical (unpaired) electrons. The van der Waals surface area contributed by atoms with E-state index in [1.54, 1.807) is 37.3 Å². The van der Waals surface area contributed by atoms with Gasteiger partial charge in [-0.1, -0.05) is 44.2 Å². The summed E-state index contributed by atoms with van der Waals surface area (Å²) in [5.41, 5.74) is 4.46. The third kappa shape index (κ3) is 8.39. The van der Waals surface area contributed by atoms with Crippen LogP contribution in [0.4, 0.5) is 11.4 Å². The van der Waals surface area contributed by atoms with Crippen LogP contribution >= 0.6 is 0 Å². The standard InChI is InChI=1S/C32H34N2O6.C2H6/c1-20-17-27(28(34(19-35)22(3)36)18-26(20)31(38)39-7)21(2)29(23-11-9-8-10-12-23)33-25-15-13-24(14-16-25)30(37)40-32(4,5)6;1-2/h8-19,33H,1-7H3;1-2H3/b29-21+;. The summed E-state index contributed by atoms with van der Waals surface area (Å²) >= 11 is 0. The Balaban J connectivity index is 0.00000301. The minimum Gasteiger partial charge on any atom is -0.465 e. The van der Waals surface area contributed by atoms with Crippen molar-refractivity contribution in [1.82, 2.24) is 0 Å². The minimum atomic E-state index is -0.608. The first-order valence-corrected chi connectivity index (χ1v) is 13.7. The van der Waals surface area contributed by atoms with Gasteiger partial charge in [-0.2, -0.15) is 0 Å². The second-order valence-corrected chi connectivity index (χ2v) is 10.2. The van der Waals surface area contributed by atoms with Crippen molar-refractivity contribution in [2.24, 2.45) is 0 Å². The third-order valence-electron chi connectivity index (χ3n) is 6.08. The van der Waals surface area contributed by atoms with Gasteiger partial charge in [0.15, 0.2) is 0 Å². The van der Waals surface area contributed by atoms with E-state index in [0.29, 0.717) is 40.1 Å². The number of hydrogen-bond donors (Lipinski definition) is 1. The van der Waals surface area contributed by atoms with E-state index in [-0.39, 0.29) is 11.3 Å². The van der Waals surface area contributed by atoms with Crippen LogP contribution in [0.5, 0.6) is 0 Å². The Hall–Kier alpha value is -4.72. The molecule has 2 amide bonds. The lowest BCUT2D eigenvalue weighted by atomic mass is 9.94. The van der Waals surface area contributed by atoms with Crippen molar-refractivity contribution in [3.63, 3.8) is 0 Å². The summed E-state index contributed by atoms with van der Waals surface area (Å²) in [5.74, 6) is -1.50. The van der Waals surface area contributed by atoms with Crippen LogP contribution in [0.1, 0.15) is 85.9 Å². The van der Waals surface area contributed by atoms with Gasteiger partial charge in [-0.25, -0.2) is 9.59 Å². The molecule has 1 N–H and O–H groups in total. The van der Waals surface area contributed by atoms with Gasteiger partial charge in [0.05, 0.1) is 23.9 Å². The number of nitrogens with one attached hydrogen (secondary N) is 1. The number of esters is 2. The van der Waals surface area contributed by atoms with Gasteiger partial charge in [-0.05, 0) is 87.7 Å². The number of nitrogens with zero attached hydrogens (tertiary/aromatic N) is 1. The van der Waals surface area contributed by atoms with Crippen LogP contribution in [-0.4, -0.2) is 37.0 Å². The van der Waals surface area contributed by atoms with Gasteiger partial charge in [0.25, 0.3) is 0 Å². The predicted molar refractivity (Wildman–Crippen MR) is 167 cm³/mol. The van der Waals surface area contributed by atoms with Crippen molar-refractivity contribution in [3.8, 4) is 0 Å². The number of carbonyl (C=O) groups excluding carboxylic acids is 4. The molecule has 222 valence electrons. The van der Waals surface area contributed by atoms with E-state index >= 15 is 0 Å². The number of anilines is 2. The van der Waals surface area contributed by atoms with E-state index in [0.717, 1.165) is 10.5 Å². The Kier molecular flexibility index (Phi) is 11.8. The Morgan fingerprint density at radius 2 is 1.43 bits per heavy atom. The number of amides is 2. The fourth-order valence-electron chi connectivity index (χ4n) is 4.12. The van der Waals surface area contributed by atoms with E-state index in [2.05, 4.69) is 5.32 Å². The van der Waals surface area contributed by atoms with Gasteiger partial charge >= 0.3 is 11.9 Å². The molecule has 42 heavy (non-hydrogen) atoms. The quantitative estimate of drug-likeness (QED) is 0.172. The maximum atomic E-state index is 12.5. The van der Waals surface area contributed by atoms with Crippen LogP contribution in [0.15, 0.2) is 66.7 Å². The smallest absolute Gasteiger partial charge is 0.338 e. The van der Waals surface area contributed by atoms with Crippen molar-refractivity contribution in [2.45, 2.75) is 61.0 Å². The highest BCUT2D eigenvalue weighted by atomic mass is 16.6. The first-order chi connectivity index (χ1) is 19.9. The second kappa shape index (κ2) is 14.8. The molecule has 0 fully saturated rings. The predicted octanol–water partition coefficient (Wildman–Crippen LogP) is 7.27. The van der Waals surface area contributed by atoms with Gasteiger partial charge in [-0.3, -0.25) is 14.5 Å². The molecule has 8 nitrogen and oxygen atoms in total. The average molecular weight is 573 g/mol. The monoisotopic (exact) mass is 572 g/mol. The van der Waals surface area contributed by atoms with E-state index in [4.69, 9.17) is 9.47 Å². The molecular weight excluding hydrogens is 532 g/mol. The van der Waals surface area contributed by atoms with Gasteiger partial charge in [-0.15, -0.1) is 0 Å². The zero-order valence-corrected chi connectivity index (χ0v) is 25.8. The molecule has 0 atom stereocenters. The maximum absolute atomic E-state index is 12.5. The number of hydrogen-bond acceptors (Lipinski definition) is 7. The molecule has 3 aromatic carbocycles.